The van der Waals surface area contributed by atoms with E-state index in [-0.39, 0.29) is 30.1 Å². The van der Waals surface area contributed by atoms with Crippen LogP contribution in [0.4, 0.5) is 10.1 Å². The first kappa shape index (κ1) is 26.2. The second kappa shape index (κ2) is 11.9. The molecule has 1 aliphatic heterocycles. The lowest BCUT2D eigenvalue weighted by atomic mass is 9.92. The number of nitrogens with one attached hydrogen (secondary N) is 1. The molecule has 0 aliphatic carbocycles. The van der Waals surface area contributed by atoms with Crippen LogP contribution in [-0.4, -0.2) is 52.2 Å². The molecule has 0 spiro atoms. The van der Waals surface area contributed by atoms with Gasteiger partial charge in [0.2, 0.25) is 5.91 Å². The van der Waals surface area contributed by atoms with Crippen LogP contribution < -0.4 is 15.0 Å². The number of thioether (sulfide) groups is 1. The largest absolute Gasteiger partial charge is 0.484 e. The number of benzene rings is 3. The van der Waals surface area contributed by atoms with Gasteiger partial charge in [0.05, 0.1) is 12.1 Å². The Bertz CT molecular complexity index is 1240. The first-order chi connectivity index (χ1) is 17.8. The molecular weight excluding hydrogens is 499 g/mol. The highest BCUT2D eigenvalue weighted by Gasteiger charge is 2.49. The van der Waals surface area contributed by atoms with E-state index < -0.39 is 29.8 Å². The first-order valence-corrected chi connectivity index (χ1v) is 12.5. The van der Waals surface area contributed by atoms with Crippen molar-refractivity contribution >= 4 is 35.2 Å². The number of hydrogen-bond donors (Lipinski definition) is 3. The summed E-state index contributed by atoms with van der Waals surface area (Å²) in [5.41, 5.74) is 2.18. The van der Waals surface area contributed by atoms with Gasteiger partial charge in [-0.05, 0) is 47.5 Å². The van der Waals surface area contributed by atoms with Crippen molar-refractivity contribution in [1.82, 2.24) is 5.32 Å². The number of ether oxygens (including phenoxy) is 1. The predicted molar refractivity (Wildman–Crippen MR) is 137 cm³/mol. The van der Waals surface area contributed by atoms with Gasteiger partial charge in [0.25, 0.3) is 5.91 Å². The molecule has 3 N–H and O–H groups in total. The zero-order valence-corrected chi connectivity index (χ0v) is 20.4. The summed E-state index contributed by atoms with van der Waals surface area (Å²) in [6.07, 6.45) is -0.854. The highest BCUT2D eigenvalue weighted by atomic mass is 32.2. The molecule has 0 saturated carbocycles. The Morgan fingerprint density at radius 3 is 2.35 bits per heavy atom. The van der Waals surface area contributed by atoms with Gasteiger partial charge in [0.15, 0.2) is 6.61 Å². The van der Waals surface area contributed by atoms with Crippen LogP contribution in [0.2, 0.25) is 0 Å². The van der Waals surface area contributed by atoms with Crippen LogP contribution in [0.15, 0.2) is 78.9 Å². The second-order valence-electron chi connectivity index (χ2n) is 8.34. The molecule has 0 aromatic heterocycles. The highest BCUT2D eigenvalue weighted by molar-refractivity contribution is 8.00. The maximum atomic E-state index is 13.2. The predicted octanol–water partition coefficient (Wildman–Crippen LogP) is 3.33. The van der Waals surface area contributed by atoms with Crippen molar-refractivity contribution in [2.45, 2.75) is 17.4 Å². The standard InChI is InChI=1S/C27H25FN2O6S/c28-19-10-6-17(7-11-19)22(31)16-37-26-25(30(27(26)35)20-4-2-1-3-5-20)18-8-12-21(13-9-18)36-15-23(32)29-14-24(33)34/h1-13,22,25-26,31H,14-16H2,(H,29,32)(H,33,34)/t22?,25-,26-/m1/s1. The zero-order chi connectivity index (χ0) is 26.4. The quantitative estimate of drug-likeness (QED) is 0.330. The van der Waals surface area contributed by atoms with E-state index in [4.69, 9.17) is 9.84 Å². The molecule has 0 radical (unpaired) electrons. The molecule has 3 atom stereocenters. The number of para-hydroxylation sites is 1. The van der Waals surface area contributed by atoms with Crippen LogP contribution >= 0.6 is 11.8 Å². The Kier molecular flexibility index (Phi) is 8.42. The van der Waals surface area contributed by atoms with Crippen molar-refractivity contribution in [3.05, 3.63) is 95.8 Å². The number of hydrogen-bond acceptors (Lipinski definition) is 6. The summed E-state index contributed by atoms with van der Waals surface area (Å²) >= 11 is 1.34. The fourth-order valence-electron chi connectivity index (χ4n) is 3.94. The van der Waals surface area contributed by atoms with Crippen LogP contribution in [0.25, 0.3) is 0 Å². The third kappa shape index (κ3) is 6.46. The van der Waals surface area contributed by atoms with Crippen molar-refractivity contribution in [3.63, 3.8) is 0 Å². The molecule has 1 aliphatic rings. The van der Waals surface area contributed by atoms with E-state index in [0.717, 1.165) is 11.3 Å². The lowest BCUT2D eigenvalue weighted by Crippen LogP contribution is -2.57. The molecule has 4 rings (SSSR count). The van der Waals surface area contributed by atoms with Gasteiger partial charge in [-0.1, -0.05) is 42.5 Å². The topological polar surface area (TPSA) is 116 Å². The third-order valence-electron chi connectivity index (χ3n) is 5.80. The van der Waals surface area contributed by atoms with Gasteiger partial charge in [-0.3, -0.25) is 14.4 Å². The van der Waals surface area contributed by atoms with E-state index in [1.165, 1.54) is 36.0 Å². The van der Waals surface area contributed by atoms with Gasteiger partial charge < -0.3 is 25.2 Å². The first-order valence-electron chi connectivity index (χ1n) is 11.5. The Labute approximate surface area is 217 Å². The summed E-state index contributed by atoms with van der Waals surface area (Å²) in [4.78, 5) is 37.1. The Hall–Kier alpha value is -3.89. The van der Waals surface area contributed by atoms with Crippen LogP contribution in [-0.2, 0) is 14.4 Å². The monoisotopic (exact) mass is 524 g/mol. The minimum atomic E-state index is -1.15. The molecule has 3 aromatic carbocycles. The van der Waals surface area contributed by atoms with Crippen LogP contribution in [0.3, 0.4) is 0 Å². The van der Waals surface area contributed by atoms with Crippen molar-refractivity contribution in [2.75, 3.05) is 23.8 Å². The summed E-state index contributed by atoms with van der Waals surface area (Å²) in [6, 6.07) is 21.6. The normalized spacial score (nSPS) is 17.6. The average Bonchev–Trinajstić information content (AvgIpc) is 2.90. The Balaban J connectivity index is 1.45. The summed E-state index contributed by atoms with van der Waals surface area (Å²) in [7, 11) is 0. The smallest absolute Gasteiger partial charge is 0.322 e. The van der Waals surface area contributed by atoms with Crippen LogP contribution in [0.5, 0.6) is 5.75 Å². The molecule has 0 bridgehead atoms. The SMILES string of the molecule is O=C(O)CNC(=O)COc1ccc([C@@H]2[C@@H](SCC(O)c3ccc(F)cc3)C(=O)N2c2ccccc2)cc1. The number of aliphatic carboxylic acids is 1. The maximum absolute atomic E-state index is 13.2. The summed E-state index contributed by atoms with van der Waals surface area (Å²) in [6.45, 7) is -0.814. The van der Waals surface area contributed by atoms with E-state index >= 15 is 0 Å². The lowest BCUT2D eigenvalue weighted by molar-refractivity contribution is -0.138. The summed E-state index contributed by atoms with van der Waals surface area (Å²) in [5, 5.41) is 21.0. The zero-order valence-electron chi connectivity index (χ0n) is 19.6. The molecule has 2 amide bonds. The van der Waals surface area contributed by atoms with E-state index in [9.17, 15) is 23.9 Å². The molecule has 8 nitrogen and oxygen atoms in total. The molecule has 1 saturated heterocycles. The molecule has 1 unspecified atom stereocenters. The number of nitrogens with zero attached hydrogens (tertiary/aromatic N) is 1. The molecular formula is C27H25FN2O6S. The maximum Gasteiger partial charge on any atom is 0.322 e. The van der Waals surface area contributed by atoms with Gasteiger partial charge in [-0.25, -0.2) is 4.39 Å². The number of aliphatic hydroxyl groups is 1. The number of carbonyl (C=O) groups excluding carboxylic acids is 2. The van der Waals surface area contributed by atoms with Gasteiger partial charge in [0, 0.05) is 11.4 Å². The van der Waals surface area contributed by atoms with Crippen LogP contribution in [0, 0.1) is 5.82 Å². The molecule has 1 heterocycles. The number of aliphatic hydroxyl groups excluding tert-OH is 1. The lowest BCUT2D eigenvalue weighted by Gasteiger charge is -2.47. The van der Waals surface area contributed by atoms with Crippen molar-refractivity contribution in [1.29, 1.82) is 0 Å². The van der Waals surface area contributed by atoms with Gasteiger partial charge in [-0.2, -0.15) is 0 Å². The number of carboxylic acid groups (broad SMARTS) is 1. The van der Waals surface area contributed by atoms with Crippen LogP contribution in [0.1, 0.15) is 23.3 Å². The van der Waals surface area contributed by atoms with E-state index in [2.05, 4.69) is 5.32 Å². The van der Waals surface area contributed by atoms with E-state index in [1.807, 2.05) is 42.5 Å². The van der Waals surface area contributed by atoms with Gasteiger partial charge in [-0.15, -0.1) is 11.8 Å². The number of halogens is 1. The minimum Gasteiger partial charge on any atom is -0.484 e. The average molecular weight is 525 g/mol. The minimum absolute atomic E-state index is 0.0806. The molecule has 10 heteroatoms. The van der Waals surface area contributed by atoms with Crippen molar-refractivity contribution in [2.24, 2.45) is 0 Å². The fourth-order valence-corrected chi connectivity index (χ4v) is 5.24. The van der Waals surface area contributed by atoms with Crippen molar-refractivity contribution in [3.8, 4) is 5.75 Å². The molecule has 37 heavy (non-hydrogen) atoms. The number of rotatable bonds is 11. The van der Waals surface area contributed by atoms with Gasteiger partial charge >= 0.3 is 5.97 Å². The number of amides is 2. The fraction of sp³-hybridized carbons (Fsp3) is 0.222. The number of carboxylic acids is 1. The van der Waals surface area contributed by atoms with E-state index in [1.54, 1.807) is 17.0 Å². The van der Waals surface area contributed by atoms with Crippen molar-refractivity contribution < 1.29 is 33.7 Å². The Morgan fingerprint density at radius 2 is 1.70 bits per heavy atom. The molecule has 3 aromatic rings. The highest BCUT2D eigenvalue weighted by Crippen LogP contribution is 2.46. The second-order valence-corrected chi connectivity index (χ2v) is 9.51. The third-order valence-corrected chi connectivity index (χ3v) is 7.12. The molecule has 1 fully saturated rings. The van der Waals surface area contributed by atoms with E-state index in [0.29, 0.717) is 11.3 Å². The van der Waals surface area contributed by atoms with Gasteiger partial charge in [0.1, 0.15) is 23.4 Å². The summed E-state index contributed by atoms with van der Waals surface area (Å²) < 4.78 is 18.6. The number of carbonyl (C=O) groups is 3. The number of β-lactam (4-membered cyclic amide) rings is 1. The Morgan fingerprint density at radius 1 is 1.03 bits per heavy atom. The number of anilines is 1. The molecule has 192 valence electrons. The summed E-state index contributed by atoms with van der Waals surface area (Å²) in [5.74, 6) is -1.49.